The van der Waals surface area contributed by atoms with Crippen LogP contribution in [0.1, 0.15) is 58.3 Å². The zero-order valence-electron chi connectivity index (χ0n) is 13.0. The lowest BCUT2D eigenvalue weighted by Crippen LogP contribution is -2.60. The Balaban J connectivity index is 1.74. The molecule has 0 aromatic heterocycles. The Morgan fingerprint density at radius 1 is 1.10 bits per heavy atom. The molecule has 3 nitrogen and oxygen atoms in total. The molecule has 3 aliphatic rings. The molecule has 0 spiro atoms. The molecule has 0 aromatic carbocycles. The summed E-state index contributed by atoms with van der Waals surface area (Å²) in [7, 11) is 0. The van der Waals surface area contributed by atoms with Crippen LogP contribution in [-0.4, -0.2) is 48.0 Å². The quantitative estimate of drug-likeness (QED) is 0.863. The van der Waals surface area contributed by atoms with Gasteiger partial charge in [0.05, 0.1) is 19.3 Å². The molecule has 0 aromatic rings. The Morgan fingerprint density at radius 3 is 2.45 bits per heavy atom. The molecular weight excluding hydrogens is 250 g/mol. The number of rotatable bonds is 3. The summed E-state index contributed by atoms with van der Waals surface area (Å²) in [6.07, 6.45) is 9.97. The van der Waals surface area contributed by atoms with Gasteiger partial charge in [-0.25, -0.2) is 0 Å². The van der Waals surface area contributed by atoms with Gasteiger partial charge in [-0.2, -0.15) is 0 Å². The molecule has 20 heavy (non-hydrogen) atoms. The predicted octanol–water partition coefficient (Wildman–Crippen LogP) is 2.82. The Bertz CT molecular complexity index is 308. The third-order valence-electron chi connectivity index (χ3n) is 6.08. The fourth-order valence-corrected chi connectivity index (χ4v) is 5.00. The zero-order valence-corrected chi connectivity index (χ0v) is 13.0. The second-order valence-corrected chi connectivity index (χ2v) is 7.39. The Morgan fingerprint density at radius 2 is 1.80 bits per heavy atom. The zero-order chi connectivity index (χ0) is 14.0. The van der Waals surface area contributed by atoms with Gasteiger partial charge in [-0.05, 0) is 37.5 Å². The minimum atomic E-state index is -0.120. The number of aliphatic hydroxyl groups is 1. The van der Waals surface area contributed by atoms with Gasteiger partial charge in [0.2, 0.25) is 0 Å². The van der Waals surface area contributed by atoms with Gasteiger partial charge in [0.15, 0.2) is 0 Å². The topological polar surface area (TPSA) is 32.7 Å². The SMILES string of the molecule is CC1CCCC(C(O)C2(N3CCOCC3)CCCC2)C1. The third kappa shape index (κ3) is 2.77. The maximum Gasteiger partial charge on any atom is 0.0752 e. The summed E-state index contributed by atoms with van der Waals surface area (Å²) in [6.45, 7) is 6.07. The lowest BCUT2D eigenvalue weighted by molar-refractivity contribution is -0.101. The van der Waals surface area contributed by atoms with Crippen LogP contribution in [0.3, 0.4) is 0 Å². The molecule has 3 atom stereocenters. The number of hydrogen-bond donors (Lipinski definition) is 1. The third-order valence-corrected chi connectivity index (χ3v) is 6.08. The van der Waals surface area contributed by atoms with Crippen LogP contribution in [-0.2, 0) is 4.74 Å². The Labute approximate surface area is 123 Å². The first-order chi connectivity index (χ1) is 9.72. The molecule has 1 aliphatic heterocycles. The molecular formula is C17H31NO2. The van der Waals surface area contributed by atoms with E-state index in [4.69, 9.17) is 4.74 Å². The molecule has 3 rings (SSSR count). The van der Waals surface area contributed by atoms with Crippen LogP contribution >= 0.6 is 0 Å². The summed E-state index contributed by atoms with van der Waals surface area (Å²) in [6, 6.07) is 0. The van der Waals surface area contributed by atoms with Gasteiger partial charge < -0.3 is 9.84 Å². The summed E-state index contributed by atoms with van der Waals surface area (Å²) in [5.74, 6) is 1.33. The van der Waals surface area contributed by atoms with Crippen molar-refractivity contribution in [3.05, 3.63) is 0 Å². The van der Waals surface area contributed by atoms with Crippen molar-refractivity contribution in [1.29, 1.82) is 0 Å². The minimum absolute atomic E-state index is 0.0749. The lowest BCUT2D eigenvalue weighted by Gasteiger charge is -2.49. The van der Waals surface area contributed by atoms with Crippen LogP contribution in [0.2, 0.25) is 0 Å². The first-order valence-corrected chi connectivity index (χ1v) is 8.73. The molecule has 3 heteroatoms. The van der Waals surface area contributed by atoms with Crippen LogP contribution in [0.25, 0.3) is 0 Å². The smallest absolute Gasteiger partial charge is 0.0752 e. The fraction of sp³-hybridized carbons (Fsp3) is 1.00. The average molecular weight is 281 g/mol. The number of ether oxygens (including phenoxy) is 1. The maximum absolute atomic E-state index is 11.2. The van der Waals surface area contributed by atoms with Gasteiger partial charge in [-0.1, -0.05) is 32.6 Å². The lowest BCUT2D eigenvalue weighted by atomic mass is 9.72. The largest absolute Gasteiger partial charge is 0.391 e. The van der Waals surface area contributed by atoms with Crippen LogP contribution in [0.4, 0.5) is 0 Å². The molecule has 2 saturated carbocycles. The van der Waals surface area contributed by atoms with Crippen molar-refractivity contribution in [3.8, 4) is 0 Å². The fourth-order valence-electron chi connectivity index (χ4n) is 5.00. The van der Waals surface area contributed by atoms with Crippen LogP contribution in [0, 0.1) is 11.8 Å². The Kier molecular flexibility index (Phi) is 4.68. The normalized spacial score (nSPS) is 36.9. The van der Waals surface area contributed by atoms with E-state index in [0.717, 1.165) is 32.2 Å². The van der Waals surface area contributed by atoms with Crippen molar-refractivity contribution < 1.29 is 9.84 Å². The highest BCUT2D eigenvalue weighted by atomic mass is 16.5. The monoisotopic (exact) mass is 281 g/mol. The summed E-state index contributed by atoms with van der Waals surface area (Å²) in [4.78, 5) is 2.58. The van der Waals surface area contributed by atoms with Gasteiger partial charge in [-0.3, -0.25) is 4.90 Å². The van der Waals surface area contributed by atoms with E-state index in [0.29, 0.717) is 5.92 Å². The Hall–Kier alpha value is -0.120. The first-order valence-electron chi connectivity index (χ1n) is 8.73. The van der Waals surface area contributed by atoms with Gasteiger partial charge in [-0.15, -0.1) is 0 Å². The van der Waals surface area contributed by atoms with Crippen molar-refractivity contribution in [2.75, 3.05) is 26.3 Å². The first kappa shape index (κ1) is 14.8. The van der Waals surface area contributed by atoms with Crippen LogP contribution in [0.15, 0.2) is 0 Å². The van der Waals surface area contributed by atoms with Crippen molar-refractivity contribution >= 4 is 0 Å². The van der Waals surface area contributed by atoms with E-state index in [-0.39, 0.29) is 11.6 Å². The second kappa shape index (κ2) is 6.33. The number of aliphatic hydroxyl groups excluding tert-OH is 1. The highest BCUT2D eigenvalue weighted by Crippen LogP contribution is 2.44. The minimum Gasteiger partial charge on any atom is -0.391 e. The van der Waals surface area contributed by atoms with E-state index in [2.05, 4.69) is 11.8 Å². The molecule has 116 valence electrons. The number of hydrogen-bond acceptors (Lipinski definition) is 3. The molecule has 1 N–H and O–H groups in total. The summed E-state index contributed by atoms with van der Waals surface area (Å²) in [5, 5.41) is 11.2. The van der Waals surface area contributed by atoms with Crippen LogP contribution < -0.4 is 0 Å². The van der Waals surface area contributed by atoms with Crippen molar-refractivity contribution in [3.63, 3.8) is 0 Å². The standard InChI is InChI=1S/C17H31NO2/c1-14-5-4-6-15(13-14)16(19)17(7-2-3-8-17)18-9-11-20-12-10-18/h14-16,19H,2-13H2,1H3. The number of morpholine rings is 1. The van der Waals surface area contributed by atoms with E-state index in [1.807, 2.05) is 0 Å². The molecule has 1 heterocycles. The highest BCUT2D eigenvalue weighted by Gasteiger charge is 2.48. The van der Waals surface area contributed by atoms with Crippen molar-refractivity contribution in [2.45, 2.75) is 69.9 Å². The van der Waals surface area contributed by atoms with Crippen molar-refractivity contribution in [1.82, 2.24) is 4.90 Å². The molecule has 1 saturated heterocycles. The van der Waals surface area contributed by atoms with E-state index in [1.165, 1.54) is 51.4 Å². The van der Waals surface area contributed by atoms with E-state index in [9.17, 15) is 5.11 Å². The van der Waals surface area contributed by atoms with E-state index in [1.54, 1.807) is 0 Å². The van der Waals surface area contributed by atoms with Gasteiger partial charge in [0.25, 0.3) is 0 Å². The predicted molar refractivity (Wildman–Crippen MR) is 80.7 cm³/mol. The molecule has 3 unspecified atom stereocenters. The number of nitrogens with zero attached hydrogens (tertiary/aromatic N) is 1. The molecule has 0 bridgehead atoms. The average Bonchev–Trinajstić information content (AvgIpc) is 2.98. The van der Waals surface area contributed by atoms with Crippen LogP contribution in [0.5, 0.6) is 0 Å². The van der Waals surface area contributed by atoms with Gasteiger partial charge >= 0.3 is 0 Å². The van der Waals surface area contributed by atoms with E-state index >= 15 is 0 Å². The molecule has 3 fully saturated rings. The van der Waals surface area contributed by atoms with E-state index < -0.39 is 0 Å². The maximum atomic E-state index is 11.2. The molecule has 0 amide bonds. The summed E-state index contributed by atoms with van der Waals surface area (Å²) >= 11 is 0. The van der Waals surface area contributed by atoms with Crippen molar-refractivity contribution in [2.24, 2.45) is 11.8 Å². The van der Waals surface area contributed by atoms with Gasteiger partial charge in [0, 0.05) is 18.6 Å². The summed E-state index contributed by atoms with van der Waals surface area (Å²) < 4.78 is 5.52. The summed E-state index contributed by atoms with van der Waals surface area (Å²) in [5.41, 5.74) is 0.0749. The molecule has 0 radical (unpaired) electrons. The second-order valence-electron chi connectivity index (χ2n) is 7.39. The highest BCUT2D eigenvalue weighted by molar-refractivity contribution is 5.03. The molecule has 2 aliphatic carbocycles. The van der Waals surface area contributed by atoms with Gasteiger partial charge in [0.1, 0.15) is 0 Å².